The van der Waals surface area contributed by atoms with Crippen LogP contribution in [0.1, 0.15) is 26.7 Å². The fourth-order valence-electron chi connectivity index (χ4n) is 0.987. The van der Waals surface area contributed by atoms with E-state index in [1.54, 1.807) is 13.8 Å². The van der Waals surface area contributed by atoms with Crippen LogP contribution in [0.3, 0.4) is 0 Å². The van der Waals surface area contributed by atoms with Gasteiger partial charge in [-0.25, -0.2) is 9.59 Å². The summed E-state index contributed by atoms with van der Waals surface area (Å²) in [5.41, 5.74) is -0.0185. The Morgan fingerprint density at radius 3 is 1.14 bits per heavy atom. The molecule has 0 fully saturated rings. The molecule has 0 aliphatic heterocycles. The normalized spacial score (nSPS) is 10.4. The van der Waals surface area contributed by atoms with Gasteiger partial charge in [0.2, 0.25) is 0 Å². The van der Waals surface area contributed by atoms with Gasteiger partial charge in [-0.15, -0.1) is 0 Å². The first-order chi connectivity index (χ1) is 5.54. The van der Waals surface area contributed by atoms with Crippen molar-refractivity contribution in [2.24, 2.45) is 0 Å². The third-order valence-corrected chi connectivity index (χ3v) is 1.59. The van der Waals surface area contributed by atoms with Gasteiger partial charge in [-0.05, 0) is 12.8 Å². The van der Waals surface area contributed by atoms with E-state index < -0.39 is 11.9 Å². The average Bonchev–Trinajstić information content (AvgIpc) is 1.98. The summed E-state index contributed by atoms with van der Waals surface area (Å²) in [5, 5.41) is 17.2. The van der Waals surface area contributed by atoms with Crippen LogP contribution in [0.2, 0.25) is 0 Å². The summed E-state index contributed by atoms with van der Waals surface area (Å²) in [6.45, 7) is 3.25. The van der Waals surface area contributed by atoms with Gasteiger partial charge >= 0.3 is 115 Å². The van der Waals surface area contributed by atoms with Gasteiger partial charge in [0, 0.05) is 11.1 Å². The van der Waals surface area contributed by atoms with Gasteiger partial charge < -0.3 is 10.2 Å². The standard InChI is InChI=1S/C8H12O4.2K.2H/c1-3-5(7(9)10)6(4-2)8(11)12;;;;/h3-4H2,1-2H3,(H,9,10)(H,11,12);;;;/b6-5-;;;;. The van der Waals surface area contributed by atoms with Gasteiger partial charge in [-0.1, -0.05) is 13.8 Å². The van der Waals surface area contributed by atoms with Crippen LogP contribution in [0.4, 0.5) is 0 Å². The Labute approximate surface area is 168 Å². The Balaban J connectivity index is -0.000000605. The molecule has 0 heterocycles. The van der Waals surface area contributed by atoms with E-state index in [2.05, 4.69) is 0 Å². The summed E-state index contributed by atoms with van der Waals surface area (Å²) >= 11 is 0. The van der Waals surface area contributed by atoms with Crippen molar-refractivity contribution in [2.45, 2.75) is 26.7 Å². The summed E-state index contributed by atoms with van der Waals surface area (Å²) < 4.78 is 0. The quantitative estimate of drug-likeness (QED) is 0.544. The molecule has 0 aliphatic carbocycles. The van der Waals surface area contributed by atoms with Crippen molar-refractivity contribution in [1.29, 1.82) is 0 Å². The van der Waals surface area contributed by atoms with Gasteiger partial charge in [0.05, 0.1) is 0 Å². The van der Waals surface area contributed by atoms with Crippen molar-refractivity contribution < 1.29 is 19.8 Å². The zero-order valence-electron chi connectivity index (χ0n) is 7.13. The average molecular weight is 252 g/mol. The van der Waals surface area contributed by atoms with E-state index in [0.717, 1.165) is 0 Å². The predicted octanol–water partition coefficient (Wildman–Crippen LogP) is -0.0248. The van der Waals surface area contributed by atoms with E-state index in [1.807, 2.05) is 0 Å². The molecule has 4 nitrogen and oxygen atoms in total. The van der Waals surface area contributed by atoms with E-state index in [-0.39, 0.29) is 127 Å². The third kappa shape index (κ3) is 7.26. The topological polar surface area (TPSA) is 74.6 Å². The SMILES string of the molecule is CC/C(C(=O)O)=C(\CC)C(=O)O.[KH].[KH]. The summed E-state index contributed by atoms with van der Waals surface area (Å²) in [6.07, 6.45) is 0.482. The first kappa shape index (κ1) is 21.3. The number of carboxylic acids is 2. The van der Waals surface area contributed by atoms with Crippen molar-refractivity contribution in [2.75, 3.05) is 0 Å². The summed E-state index contributed by atoms with van der Waals surface area (Å²) in [7, 11) is 0. The van der Waals surface area contributed by atoms with Crippen molar-refractivity contribution in [3.63, 3.8) is 0 Å². The van der Waals surface area contributed by atoms with Crippen LogP contribution in [0.25, 0.3) is 0 Å². The molecule has 0 saturated carbocycles. The molecule has 14 heavy (non-hydrogen) atoms. The van der Waals surface area contributed by atoms with E-state index in [4.69, 9.17) is 10.2 Å². The fourth-order valence-corrected chi connectivity index (χ4v) is 0.987. The molecule has 0 aromatic rings. The van der Waals surface area contributed by atoms with Crippen LogP contribution in [-0.2, 0) is 9.59 Å². The fraction of sp³-hybridized carbons (Fsp3) is 0.500. The van der Waals surface area contributed by atoms with Crippen molar-refractivity contribution in [3.8, 4) is 0 Å². The summed E-state index contributed by atoms with van der Waals surface area (Å²) in [5.74, 6) is -2.28. The monoisotopic (exact) mass is 252 g/mol. The van der Waals surface area contributed by atoms with Gasteiger partial charge in [-0.2, -0.15) is 0 Å². The number of hydrogen-bond acceptors (Lipinski definition) is 2. The number of hydrogen-bond donors (Lipinski definition) is 2. The predicted molar refractivity (Wildman–Crippen MR) is 57.2 cm³/mol. The minimum atomic E-state index is -1.14. The second-order valence-electron chi connectivity index (χ2n) is 2.27. The van der Waals surface area contributed by atoms with E-state index in [1.165, 1.54) is 0 Å². The molecule has 0 radical (unpaired) electrons. The third-order valence-electron chi connectivity index (χ3n) is 1.59. The summed E-state index contributed by atoms with van der Waals surface area (Å²) in [4.78, 5) is 21.0. The maximum atomic E-state index is 10.5. The molecule has 0 aromatic heterocycles. The molecule has 0 unspecified atom stereocenters. The van der Waals surface area contributed by atoms with Crippen LogP contribution < -0.4 is 0 Å². The molecular formula is C8H14K2O4. The molecule has 0 atom stereocenters. The maximum absolute atomic E-state index is 10.5. The van der Waals surface area contributed by atoms with Gasteiger partial charge in [-0.3, -0.25) is 0 Å². The molecule has 6 heteroatoms. The molecule has 0 saturated heterocycles. The first-order valence-electron chi connectivity index (χ1n) is 3.73. The van der Waals surface area contributed by atoms with Crippen LogP contribution in [0.5, 0.6) is 0 Å². The van der Waals surface area contributed by atoms with Gasteiger partial charge in [0.25, 0.3) is 0 Å². The molecule has 2 N–H and O–H groups in total. The van der Waals surface area contributed by atoms with E-state index in [0.29, 0.717) is 0 Å². The van der Waals surface area contributed by atoms with Crippen molar-refractivity contribution in [3.05, 3.63) is 11.1 Å². The number of rotatable bonds is 4. The van der Waals surface area contributed by atoms with Crippen LogP contribution in [0.15, 0.2) is 11.1 Å². The van der Waals surface area contributed by atoms with E-state index >= 15 is 0 Å². The molecule has 0 amide bonds. The molecule has 0 spiro atoms. The van der Waals surface area contributed by atoms with Gasteiger partial charge in [0.15, 0.2) is 0 Å². The Hall–Kier alpha value is 1.95. The number of aliphatic carboxylic acids is 2. The minimum absolute atomic E-state index is 0. The first-order valence-corrected chi connectivity index (χ1v) is 3.73. The number of carboxylic acid groups (broad SMARTS) is 2. The van der Waals surface area contributed by atoms with Crippen LogP contribution >= 0.6 is 0 Å². The Bertz CT molecular complexity index is 211. The Morgan fingerprint density at radius 2 is 1.07 bits per heavy atom. The number of carbonyl (C=O) groups is 2. The zero-order valence-corrected chi connectivity index (χ0v) is 7.13. The molecular weight excluding hydrogens is 238 g/mol. The molecule has 72 valence electrons. The Morgan fingerprint density at radius 1 is 0.857 bits per heavy atom. The molecule has 0 rings (SSSR count). The van der Waals surface area contributed by atoms with E-state index in [9.17, 15) is 9.59 Å². The molecule has 0 aliphatic rings. The Kier molecular flexibility index (Phi) is 17.4. The molecule has 0 bridgehead atoms. The van der Waals surface area contributed by atoms with Gasteiger partial charge in [0.1, 0.15) is 0 Å². The van der Waals surface area contributed by atoms with Crippen LogP contribution in [0, 0.1) is 0 Å². The second-order valence-corrected chi connectivity index (χ2v) is 2.27. The zero-order chi connectivity index (χ0) is 9.72. The second kappa shape index (κ2) is 11.4. The van der Waals surface area contributed by atoms with Crippen LogP contribution in [-0.4, -0.2) is 125 Å². The van der Waals surface area contributed by atoms with Crippen molar-refractivity contribution >= 4 is 115 Å². The summed E-state index contributed by atoms with van der Waals surface area (Å²) in [6, 6.07) is 0. The van der Waals surface area contributed by atoms with Crippen molar-refractivity contribution in [1.82, 2.24) is 0 Å². The molecule has 0 aromatic carbocycles.